The fourth-order valence-electron chi connectivity index (χ4n) is 3.52. The molecule has 0 aliphatic carbocycles. The number of rotatable bonds is 4. The van der Waals surface area contributed by atoms with Crippen LogP contribution in [0.15, 0.2) is 72.8 Å². The van der Waals surface area contributed by atoms with Gasteiger partial charge in [0.05, 0.1) is 10.6 Å². The third kappa shape index (κ3) is 4.63. The van der Waals surface area contributed by atoms with Crippen LogP contribution in [0.3, 0.4) is 0 Å². The number of halogens is 2. The SMILES string of the molecule is Cc1ccc(C(=O)N[C@@H]2C(=O)N/[N+](=C\c3ccc(Cl)cc3Cl)[C@H]2c2ccccc2)cc1. The number of amides is 2. The van der Waals surface area contributed by atoms with Crippen molar-refractivity contribution in [3.63, 3.8) is 0 Å². The summed E-state index contributed by atoms with van der Waals surface area (Å²) >= 11 is 12.3. The molecule has 156 valence electrons. The van der Waals surface area contributed by atoms with Gasteiger partial charge >= 0.3 is 5.91 Å². The Morgan fingerprint density at radius 3 is 2.42 bits per heavy atom. The first kappa shape index (κ1) is 21.1. The Labute approximate surface area is 190 Å². The van der Waals surface area contributed by atoms with Crippen LogP contribution in [0.4, 0.5) is 0 Å². The van der Waals surface area contributed by atoms with E-state index in [1.807, 2.05) is 49.4 Å². The highest BCUT2D eigenvalue weighted by Crippen LogP contribution is 2.26. The monoisotopic (exact) mass is 452 g/mol. The van der Waals surface area contributed by atoms with Crippen LogP contribution in [-0.2, 0) is 4.79 Å². The average Bonchev–Trinajstić information content (AvgIpc) is 3.06. The van der Waals surface area contributed by atoms with Crippen LogP contribution < -0.4 is 10.7 Å². The quantitative estimate of drug-likeness (QED) is 0.579. The lowest BCUT2D eigenvalue weighted by Crippen LogP contribution is -2.42. The van der Waals surface area contributed by atoms with E-state index in [2.05, 4.69) is 10.7 Å². The lowest BCUT2D eigenvalue weighted by Gasteiger charge is -2.15. The minimum atomic E-state index is -0.793. The maximum atomic E-state index is 12.9. The molecule has 1 aliphatic rings. The number of aryl methyl sites for hydroxylation is 1. The minimum Gasteiger partial charge on any atom is -0.334 e. The molecule has 31 heavy (non-hydrogen) atoms. The maximum absolute atomic E-state index is 12.9. The van der Waals surface area contributed by atoms with E-state index in [9.17, 15) is 9.59 Å². The van der Waals surface area contributed by atoms with E-state index in [0.29, 0.717) is 21.2 Å². The van der Waals surface area contributed by atoms with Crippen molar-refractivity contribution in [1.82, 2.24) is 10.7 Å². The third-order valence-corrected chi connectivity index (χ3v) is 5.68. The normalized spacial score (nSPS) is 19.3. The number of nitrogens with one attached hydrogen (secondary N) is 2. The van der Waals surface area contributed by atoms with Gasteiger partial charge in [-0.05, 0) is 37.3 Å². The van der Waals surface area contributed by atoms with Crippen molar-refractivity contribution in [2.75, 3.05) is 0 Å². The molecule has 2 amide bonds. The smallest absolute Gasteiger partial charge is 0.304 e. The third-order valence-electron chi connectivity index (χ3n) is 5.12. The van der Waals surface area contributed by atoms with Gasteiger partial charge in [-0.2, -0.15) is 0 Å². The molecular formula is C24H20Cl2N3O2+. The molecule has 1 aliphatic heterocycles. The van der Waals surface area contributed by atoms with Crippen LogP contribution in [0.1, 0.15) is 33.1 Å². The van der Waals surface area contributed by atoms with Crippen LogP contribution in [0, 0.1) is 6.92 Å². The summed E-state index contributed by atoms with van der Waals surface area (Å²) < 4.78 is 1.67. The second kappa shape index (κ2) is 8.92. The predicted octanol–water partition coefficient (Wildman–Crippen LogP) is 4.32. The van der Waals surface area contributed by atoms with Crippen molar-refractivity contribution < 1.29 is 14.3 Å². The zero-order valence-corrected chi connectivity index (χ0v) is 18.2. The van der Waals surface area contributed by atoms with E-state index >= 15 is 0 Å². The number of hydrazine groups is 1. The van der Waals surface area contributed by atoms with Crippen molar-refractivity contribution in [2.45, 2.75) is 19.0 Å². The summed E-state index contributed by atoms with van der Waals surface area (Å²) in [7, 11) is 0. The molecule has 0 saturated carbocycles. The highest BCUT2D eigenvalue weighted by atomic mass is 35.5. The first-order valence-corrected chi connectivity index (χ1v) is 10.5. The Morgan fingerprint density at radius 2 is 1.74 bits per heavy atom. The Morgan fingerprint density at radius 1 is 1.03 bits per heavy atom. The number of benzene rings is 3. The number of hydrogen-bond acceptors (Lipinski definition) is 2. The van der Waals surface area contributed by atoms with E-state index < -0.39 is 12.1 Å². The fraction of sp³-hybridized carbons (Fsp3) is 0.125. The summed E-state index contributed by atoms with van der Waals surface area (Å²) in [6.07, 6.45) is 1.74. The molecule has 0 aromatic heterocycles. The molecule has 3 aromatic carbocycles. The molecule has 0 radical (unpaired) electrons. The number of hydrazone groups is 1. The topological polar surface area (TPSA) is 61.2 Å². The molecule has 1 heterocycles. The van der Waals surface area contributed by atoms with Gasteiger partial charge in [0.1, 0.15) is 0 Å². The first-order chi connectivity index (χ1) is 14.9. The van der Waals surface area contributed by atoms with Crippen LogP contribution in [0.5, 0.6) is 0 Å². The number of hydrogen-bond donors (Lipinski definition) is 2. The summed E-state index contributed by atoms with van der Waals surface area (Å²) in [5.41, 5.74) is 5.95. The molecule has 1 fully saturated rings. The van der Waals surface area contributed by atoms with E-state index in [1.165, 1.54) is 0 Å². The van der Waals surface area contributed by atoms with Gasteiger partial charge in [0, 0.05) is 16.1 Å². The lowest BCUT2D eigenvalue weighted by atomic mass is 9.99. The van der Waals surface area contributed by atoms with Crippen molar-refractivity contribution in [3.05, 3.63) is 105 Å². The van der Waals surface area contributed by atoms with E-state index in [1.54, 1.807) is 41.2 Å². The van der Waals surface area contributed by atoms with Gasteiger partial charge in [-0.25, -0.2) is 0 Å². The van der Waals surface area contributed by atoms with Gasteiger partial charge in [0.15, 0.2) is 6.04 Å². The number of nitrogens with zero attached hydrogens (tertiary/aromatic N) is 1. The molecule has 2 N–H and O–H groups in total. The van der Waals surface area contributed by atoms with Crippen molar-refractivity contribution in [1.29, 1.82) is 0 Å². The van der Waals surface area contributed by atoms with Crippen LogP contribution in [-0.4, -0.2) is 28.8 Å². The molecule has 3 aromatic rings. The highest BCUT2D eigenvalue weighted by Gasteiger charge is 2.47. The molecule has 0 bridgehead atoms. The van der Waals surface area contributed by atoms with Gasteiger partial charge in [0.2, 0.25) is 12.3 Å². The van der Waals surface area contributed by atoms with Crippen molar-refractivity contribution >= 4 is 41.2 Å². The zero-order valence-electron chi connectivity index (χ0n) is 16.7. The number of carbonyl (C=O) groups is 2. The molecule has 2 atom stereocenters. The van der Waals surface area contributed by atoms with Crippen LogP contribution >= 0.6 is 23.2 Å². The molecule has 4 rings (SSSR count). The molecule has 5 nitrogen and oxygen atoms in total. The summed E-state index contributed by atoms with van der Waals surface area (Å²) in [5, 5.41) is 3.87. The van der Waals surface area contributed by atoms with E-state index in [0.717, 1.165) is 11.1 Å². The van der Waals surface area contributed by atoms with Crippen molar-refractivity contribution in [2.24, 2.45) is 0 Å². The minimum absolute atomic E-state index is 0.310. The van der Waals surface area contributed by atoms with E-state index in [4.69, 9.17) is 23.2 Å². The molecule has 7 heteroatoms. The molecular weight excluding hydrogens is 433 g/mol. The van der Waals surface area contributed by atoms with Crippen LogP contribution in [0.25, 0.3) is 0 Å². The summed E-state index contributed by atoms with van der Waals surface area (Å²) in [5.74, 6) is -0.622. The van der Waals surface area contributed by atoms with Gasteiger partial charge in [0.25, 0.3) is 5.91 Å². The Hall–Kier alpha value is -3.15. The zero-order chi connectivity index (χ0) is 22.0. The van der Waals surface area contributed by atoms with E-state index in [-0.39, 0.29) is 11.8 Å². The summed E-state index contributed by atoms with van der Waals surface area (Å²) in [4.78, 5) is 25.7. The van der Waals surface area contributed by atoms with Gasteiger partial charge in [-0.15, -0.1) is 10.1 Å². The Kier molecular flexibility index (Phi) is 6.07. The standard InChI is InChI=1S/C24H19Cl2N3O2/c1-15-7-9-17(10-8-15)23(30)27-21-22(16-5-3-2-4-6-16)29(28-24(21)31)14-18-11-12-19(25)13-20(18)26/h2-14,21-22H,1H3,(H-,27,28,30,31)/p+1/b29-14-/t21-,22-/m0/s1. The maximum Gasteiger partial charge on any atom is 0.304 e. The number of carbonyl (C=O) groups excluding carboxylic acids is 2. The van der Waals surface area contributed by atoms with Crippen molar-refractivity contribution in [3.8, 4) is 0 Å². The van der Waals surface area contributed by atoms with Gasteiger partial charge in [-0.3, -0.25) is 9.59 Å². The second-order valence-electron chi connectivity index (χ2n) is 7.35. The van der Waals surface area contributed by atoms with Gasteiger partial charge < -0.3 is 5.32 Å². The fourth-order valence-corrected chi connectivity index (χ4v) is 3.97. The Bertz CT molecular complexity index is 1160. The highest BCUT2D eigenvalue weighted by molar-refractivity contribution is 6.36. The predicted molar refractivity (Wildman–Crippen MR) is 122 cm³/mol. The molecule has 0 unspecified atom stereocenters. The Balaban J connectivity index is 1.70. The molecule has 0 spiro atoms. The summed E-state index contributed by atoms with van der Waals surface area (Å²) in [6, 6.07) is 20.6. The summed E-state index contributed by atoms with van der Waals surface area (Å²) in [6.45, 7) is 1.95. The largest absolute Gasteiger partial charge is 0.334 e. The lowest BCUT2D eigenvalue weighted by molar-refractivity contribution is -0.596. The average molecular weight is 453 g/mol. The first-order valence-electron chi connectivity index (χ1n) is 9.73. The van der Waals surface area contributed by atoms with Crippen LogP contribution in [0.2, 0.25) is 10.0 Å². The molecule has 1 saturated heterocycles. The second-order valence-corrected chi connectivity index (χ2v) is 8.19. The van der Waals surface area contributed by atoms with Gasteiger partial charge in [-0.1, -0.05) is 71.2 Å².